The van der Waals surface area contributed by atoms with Crippen LogP contribution < -0.4 is 5.32 Å². The van der Waals surface area contributed by atoms with Gasteiger partial charge in [-0.3, -0.25) is 4.68 Å². The van der Waals surface area contributed by atoms with E-state index >= 15 is 0 Å². The minimum atomic E-state index is 0.512. The van der Waals surface area contributed by atoms with Crippen LogP contribution in [0.2, 0.25) is 0 Å². The molecule has 4 heteroatoms. The van der Waals surface area contributed by atoms with Crippen molar-refractivity contribution in [1.29, 1.82) is 0 Å². The van der Waals surface area contributed by atoms with Crippen LogP contribution in [0.5, 0.6) is 0 Å². The molecule has 0 saturated carbocycles. The second-order valence-corrected chi connectivity index (χ2v) is 4.74. The van der Waals surface area contributed by atoms with Gasteiger partial charge >= 0.3 is 0 Å². The van der Waals surface area contributed by atoms with Crippen LogP contribution in [0.15, 0.2) is 6.33 Å². The second kappa shape index (κ2) is 7.43. The lowest BCUT2D eigenvalue weighted by Gasteiger charge is -2.26. The summed E-state index contributed by atoms with van der Waals surface area (Å²) >= 11 is 0. The van der Waals surface area contributed by atoms with Crippen molar-refractivity contribution in [1.82, 2.24) is 20.1 Å². The Morgan fingerprint density at radius 2 is 1.94 bits per heavy atom. The highest BCUT2D eigenvalue weighted by Gasteiger charge is 2.20. The molecule has 0 saturated heterocycles. The van der Waals surface area contributed by atoms with Crippen molar-refractivity contribution in [3.05, 3.63) is 12.2 Å². The maximum atomic E-state index is 4.32. The summed E-state index contributed by atoms with van der Waals surface area (Å²) in [7, 11) is 4.02. The smallest absolute Gasteiger partial charge is 0.138 e. The molecule has 1 heterocycles. The Bertz CT molecular complexity index is 302. The van der Waals surface area contributed by atoms with E-state index in [1.54, 1.807) is 6.33 Å². The van der Waals surface area contributed by atoms with Gasteiger partial charge in [-0.1, -0.05) is 26.7 Å². The van der Waals surface area contributed by atoms with Crippen LogP contribution in [0.4, 0.5) is 0 Å². The van der Waals surface area contributed by atoms with Crippen molar-refractivity contribution in [2.24, 2.45) is 13.0 Å². The topological polar surface area (TPSA) is 42.7 Å². The van der Waals surface area contributed by atoms with Gasteiger partial charge in [0.1, 0.15) is 12.2 Å². The molecule has 1 aromatic rings. The number of hydrogen-bond acceptors (Lipinski definition) is 3. The molecule has 1 unspecified atom stereocenters. The van der Waals surface area contributed by atoms with E-state index in [4.69, 9.17) is 0 Å². The Morgan fingerprint density at radius 1 is 1.29 bits per heavy atom. The largest absolute Gasteiger partial charge is 0.316 e. The minimum absolute atomic E-state index is 0.512. The summed E-state index contributed by atoms with van der Waals surface area (Å²) in [5.41, 5.74) is 0. The summed E-state index contributed by atoms with van der Waals surface area (Å²) in [4.78, 5) is 4.32. The van der Waals surface area contributed by atoms with E-state index in [1.165, 1.54) is 25.7 Å². The molecule has 17 heavy (non-hydrogen) atoms. The van der Waals surface area contributed by atoms with Crippen molar-refractivity contribution >= 4 is 0 Å². The van der Waals surface area contributed by atoms with Crippen LogP contribution in [-0.2, 0) is 13.5 Å². The Labute approximate surface area is 105 Å². The fourth-order valence-corrected chi connectivity index (χ4v) is 2.49. The molecule has 1 atom stereocenters. The average molecular weight is 238 g/mol. The molecule has 0 aliphatic carbocycles. The Balaban J connectivity index is 2.64. The molecule has 4 nitrogen and oxygen atoms in total. The fraction of sp³-hybridized carbons (Fsp3) is 0.846. The normalized spacial score (nSPS) is 13.2. The average Bonchev–Trinajstić information content (AvgIpc) is 2.71. The zero-order valence-corrected chi connectivity index (χ0v) is 11.6. The number of aromatic nitrogens is 3. The number of hydrogen-bond donors (Lipinski definition) is 1. The lowest BCUT2D eigenvalue weighted by atomic mass is 9.88. The van der Waals surface area contributed by atoms with E-state index in [9.17, 15) is 0 Å². The Hall–Kier alpha value is -0.900. The van der Waals surface area contributed by atoms with E-state index < -0.39 is 0 Å². The van der Waals surface area contributed by atoms with Crippen molar-refractivity contribution < 1.29 is 0 Å². The molecular formula is C13H26N4. The van der Waals surface area contributed by atoms with Gasteiger partial charge < -0.3 is 5.32 Å². The van der Waals surface area contributed by atoms with Crippen molar-refractivity contribution in [2.45, 2.75) is 52.0 Å². The first-order valence-corrected chi connectivity index (χ1v) is 6.73. The Kier molecular flexibility index (Phi) is 6.19. The van der Waals surface area contributed by atoms with Gasteiger partial charge in [0.15, 0.2) is 0 Å². The molecule has 0 fully saturated rings. The highest BCUT2D eigenvalue weighted by Crippen LogP contribution is 2.20. The van der Waals surface area contributed by atoms with Crippen LogP contribution >= 0.6 is 0 Å². The zero-order valence-electron chi connectivity index (χ0n) is 11.6. The van der Waals surface area contributed by atoms with Crippen LogP contribution in [0.3, 0.4) is 0 Å². The third-order valence-corrected chi connectivity index (χ3v) is 3.47. The molecule has 0 aliphatic heterocycles. The van der Waals surface area contributed by atoms with Gasteiger partial charge in [-0.05, 0) is 25.8 Å². The third kappa shape index (κ3) is 4.11. The maximum absolute atomic E-state index is 4.32. The molecule has 0 bridgehead atoms. The molecule has 0 amide bonds. The first-order chi connectivity index (χ1) is 8.22. The summed E-state index contributed by atoms with van der Waals surface area (Å²) in [5, 5.41) is 7.59. The fourth-order valence-electron chi connectivity index (χ4n) is 2.49. The molecule has 0 radical (unpaired) electrons. The van der Waals surface area contributed by atoms with Gasteiger partial charge in [-0.15, -0.1) is 0 Å². The predicted molar refractivity (Wildman–Crippen MR) is 70.9 cm³/mol. The van der Waals surface area contributed by atoms with Gasteiger partial charge in [0, 0.05) is 19.5 Å². The number of likely N-dealkylation sites (N-methyl/N-ethyl adjacent to an activating group) is 1. The van der Waals surface area contributed by atoms with Gasteiger partial charge in [0.2, 0.25) is 0 Å². The van der Waals surface area contributed by atoms with Gasteiger partial charge in [0.25, 0.3) is 0 Å². The monoisotopic (exact) mass is 238 g/mol. The molecule has 0 spiro atoms. The van der Waals surface area contributed by atoms with Crippen molar-refractivity contribution in [3.63, 3.8) is 0 Å². The molecule has 0 aliphatic rings. The number of nitrogens with one attached hydrogen (secondary N) is 1. The highest BCUT2D eigenvalue weighted by molar-refractivity contribution is 4.91. The lowest BCUT2D eigenvalue weighted by Crippen LogP contribution is -2.36. The Morgan fingerprint density at radius 3 is 2.35 bits per heavy atom. The third-order valence-electron chi connectivity index (χ3n) is 3.47. The van der Waals surface area contributed by atoms with E-state index in [1.807, 2.05) is 11.7 Å². The van der Waals surface area contributed by atoms with Crippen LogP contribution in [0, 0.1) is 5.92 Å². The van der Waals surface area contributed by atoms with Crippen LogP contribution in [0.1, 0.15) is 45.4 Å². The number of nitrogens with zero attached hydrogens (tertiary/aromatic N) is 3. The first kappa shape index (κ1) is 14.2. The molecule has 1 aromatic heterocycles. The molecule has 0 aromatic carbocycles. The summed E-state index contributed by atoms with van der Waals surface area (Å²) in [6.07, 6.45) is 7.69. The van der Waals surface area contributed by atoms with Crippen molar-refractivity contribution in [3.8, 4) is 0 Å². The minimum Gasteiger partial charge on any atom is -0.316 e. The van der Waals surface area contributed by atoms with E-state index in [-0.39, 0.29) is 0 Å². The zero-order chi connectivity index (χ0) is 12.7. The van der Waals surface area contributed by atoms with E-state index in [0.29, 0.717) is 6.04 Å². The summed E-state index contributed by atoms with van der Waals surface area (Å²) in [6, 6.07) is 0.512. The predicted octanol–water partition coefficient (Wildman–Crippen LogP) is 2.16. The van der Waals surface area contributed by atoms with E-state index in [0.717, 1.165) is 18.2 Å². The molecule has 1 rings (SSSR count). The van der Waals surface area contributed by atoms with Gasteiger partial charge in [0.05, 0.1) is 0 Å². The summed E-state index contributed by atoms with van der Waals surface area (Å²) in [5.74, 6) is 1.81. The van der Waals surface area contributed by atoms with Crippen molar-refractivity contribution in [2.75, 3.05) is 7.05 Å². The van der Waals surface area contributed by atoms with E-state index in [2.05, 4.69) is 36.3 Å². The standard InChI is InChI=1S/C13H26N4/c1-5-7-11(8-6-2)12(14-3)9-13-15-10-16-17(13)4/h10-12,14H,5-9H2,1-4H3. The molecule has 98 valence electrons. The maximum Gasteiger partial charge on any atom is 0.138 e. The lowest BCUT2D eigenvalue weighted by molar-refractivity contribution is 0.317. The van der Waals surface area contributed by atoms with Gasteiger partial charge in [-0.2, -0.15) is 5.10 Å². The molecular weight excluding hydrogens is 212 g/mol. The SMILES string of the molecule is CCCC(CCC)C(Cc1ncnn1C)NC. The summed E-state index contributed by atoms with van der Waals surface area (Å²) < 4.78 is 1.87. The summed E-state index contributed by atoms with van der Waals surface area (Å²) in [6.45, 7) is 4.52. The van der Waals surface area contributed by atoms with Crippen LogP contribution in [0.25, 0.3) is 0 Å². The quantitative estimate of drug-likeness (QED) is 0.754. The number of rotatable bonds is 8. The van der Waals surface area contributed by atoms with Crippen LogP contribution in [-0.4, -0.2) is 27.9 Å². The second-order valence-electron chi connectivity index (χ2n) is 4.74. The van der Waals surface area contributed by atoms with Gasteiger partial charge in [-0.25, -0.2) is 4.98 Å². The molecule has 1 N–H and O–H groups in total. The first-order valence-electron chi connectivity index (χ1n) is 6.73. The number of aryl methyl sites for hydroxylation is 1. The highest BCUT2D eigenvalue weighted by atomic mass is 15.3.